The van der Waals surface area contributed by atoms with Gasteiger partial charge in [-0.2, -0.15) is 0 Å². The molecule has 1 aromatic rings. The van der Waals surface area contributed by atoms with Crippen LogP contribution in [0.1, 0.15) is 46.1 Å². The number of aryl methyl sites for hydroxylation is 1. The van der Waals surface area contributed by atoms with Crippen LogP contribution in [0, 0.1) is 5.92 Å². The summed E-state index contributed by atoms with van der Waals surface area (Å²) in [5.74, 6) is 1.27. The highest BCUT2D eigenvalue weighted by molar-refractivity contribution is 5.76. The van der Waals surface area contributed by atoms with Crippen molar-refractivity contribution in [3.8, 4) is 5.75 Å². The Morgan fingerprint density at radius 2 is 2.05 bits per heavy atom. The van der Waals surface area contributed by atoms with Crippen molar-refractivity contribution in [2.45, 2.75) is 53.0 Å². The van der Waals surface area contributed by atoms with Crippen LogP contribution in [0.4, 0.5) is 5.69 Å². The fraction of sp³-hybridized carbons (Fsp3) is 0.588. The monoisotopic (exact) mass is 292 g/mol. The number of amides is 1. The average Bonchev–Trinajstić information content (AvgIpc) is 2.43. The van der Waals surface area contributed by atoms with Gasteiger partial charge in [-0.05, 0) is 43.4 Å². The number of hydrogen-bond acceptors (Lipinski definition) is 3. The summed E-state index contributed by atoms with van der Waals surface area (Å²) in [6, 6.07) is 5.99. The van der Waals surface area contributed by atoms with E-state index in [4.69, 9.17) is 10.5 Å². The fourth-order valence-electron chi connectivity index (χ4n) is 1.85. The van der Waals surface area contributed by atoms with Crippen molar-refractivity contribution >= 4 is 11.6 Å². The van der Waals surface area contributed by atoms with Gasteiger partial charge < -0.3 is 15.8 Å². The van der Waals surface area contributed by atoms with Crippen LogP contribution in [0.2, 0.25) is 0 Å². The average molecular weight is 292 g/mol. The van der Waals surface area contributed by atoms with E-state index in [0.717, 1.165) is 17.7 Å². The lowest BCUT2D eigenvalue weighted by atomic mass is 10.1. The maximum atomic E-state index is 11.7. The first-order valence-corrected chi connectivity index (χ1v) is 7.73. The molecule has 0 aliphatic heterocycles. The highest BCUT2D eigenvalue weighted by Crippen LogP contribution is 2.23. The van der Waals surface area contributed by atoms with Crippen molar-refractivity contribution in [3.05, 3.63) is 23.8 Å². The maximum absolute atomic E-state index is 11.7. The Morgan fingerprint density at radius 3 is 2.62 bits per heavy atom. The van der Waals surface area contributed by atoms with Gasteiger partial charge in [0.2, 0.25) is 5.91 Å². The summed E-state index contributed by atoms with van der Waals surface area (Å²) in [4.78, 5) is 11.7. The van der Waals surface area contributed by atoms with E-state index in [1.165, 1.54) is 0 Å². The molecule has 0 heterocycles. The molecule has 0 aliphatic rings. The van der Waals surface area contributed by atoms with Crippen LogP contribution >= 0.6 is 0 Å². The zero-order chi connectivity index (χ0) is 15.8. The van der Waals surface area contributed by atoms with E-state index in [0.29, 0.717) is 31.1 Å². The van der Waals surface area contributed by atoms with E-state index in [1.807, 2.05) is 25.1 Å². The molecule has 0 aliphatic carbocycles. The number of hydrogen-bond donors (Lipinski definition) is 2. The Kier molecular flexibility index (Phi) is 7.06. The summed E-state index contributed by atoms with van der Waals surface area (Å²) >= 11 is 0. The molecule has 1 amide bonds. The van der Waals surface area contributed by atoms with Crippen molar-refractivity contribution in [2.24, 2.45) is 5.92 Å². The Labute approximate surface area is 128 Å². The number of nitrogens with one attached hydrogen (secondary N) is 1. The van der Waals surface area contributed by atoms with Crippen LogP contribution in [0.15, 0.2) is 18.2 Å². The van der Waals surface area contributed by atoms with Crippen LogP contribution in [0.25, 0.3) is 0 Å². The number of benzene rings is 1. The molecule has 1 unspecified atom stereocenters. The van der Waals surface area contributed by atoms with E-state index in [1.54, 1.807) is 0 Å². The molecule has 0 saturated heterocycles. The normalized spacial score (nSPS) is 12.2. The standard InChI is InChI=1S/C17H28N2O2/c1-5-13(4)19-17(20)9-7-14-6-8-16(15(18)10-14)21-11-12(2)3/h6,8,10,12-13H,5,7,9,11,18H2,1-4H3,(H,19,20). The predicted molar refractivity (Wildman–Crippen MR) is 87.4 cm³/mol. The molecule has 0 saturated carbocycles. The minimum absolute atomic E-state index is 0.0862. The molecule has 4 heteroatoms. The molecule has 3 N–H and O–H groups in total. The Hall–Kier alpha value is -1.71. The Bertz CT molecular complexity index is 458. The Balaban J connectivity index is 2.50. The van der Waals surface area contributed by atoms with E-state index in [-0.39, 0.29) is 11.9 Å². The SMILES string of the molecule is CCC(C)NC(=O)CCc1ccc(OCC(C)C)c(N)c1. The summed E-state index contributed by atoms with van der Waals surface area (Å²) in [6.45, 7) is 8.92. The van der Waals surface area contributed by atoms with E-state index < -0.39 is 0 Å². The highest BCUT2D eigenvalue weighted by atomic mass is 16.5. The molecule has 1 rings (SSSR count). The minimum Gasteiger partial charge on any atom is -0.491 e. The smallest absolute Gasteiger partial charge is 0.220 e. The third-order valence-corrected chi connectivity index (χ3v) is 3.31. The van der Waals surface area contributed by atoms with Crippen molar-refractivity contribution in [2.75, 3.05) is 12.3 Å². The topological polar surface area (TPSA) is 64.3 Å². The number of carbonyl (C=O) groups excluding carboxylic acids is 1. The molecule has 21 heavy (non-hydrogen) atoms. The quantitative estimate of drug-likeness (QED) is 0.723. The molecule has 0 aromatic heterocycles. The third kappa shape index (κ3) is 6.52. The van der Waals surface area contributed by atoms with Gasteiger partial charge in [-0.3, -0.25) is 4.79 Å². The Morgan fingerprint density at radius 1 is 1.33 bits per heavy atom. The highest BCUT2D eigenvalue weighted by Gasteiger charge is 2.08. The molecule has 4 nitrogen and oxygen atoms in total. The molecule has 0 bridgehead atoms. The van der Waals surface area contributed by atoms with Crippen molar-refractivity contribution in [1.82, 2.24) is 5.32 Å². The van der Waals surface area contributed by atoms with Crippen LogP contribution in [-0.4, -0.2) is 18.6 Å². The molecule has 1 aromatic carbocycles. The fourth-order valence-corrected chi connectivity index (χ4v) is 1.85. The first kappa shape index (κ1) is 17.3. The van der Waals surface area contributed by atoms with Gasteiger partial charge >= 0.3 is 0 Å². The van der Waals surface area contributed by atoms with Gasteiger partial charge in [-0.25, -0.2) is 0 Å². The van der Waals surface area contributed by atoms with Crippen molar-refractivity contribution in [3.63, 3.8) is 0 Å². The molecule has 0 fully saturated rings. The maximum Gasteiger partial charge on any atom is 0.220 e. The zero-order valence-corrected chi connectivity index (χ0v) is 13.6. The van der Waals surface area contributed by atoms with Crippen LogP contribution in [0.3, 0.4) is 0 Å². The number of anilines is 1. The summed E-state index contributed by atoms with van der Waals surface area (Å²) in [5.41, 5.74) is 7.68. The number of nitrogen functional groups attached to an aromatic ring is 1. The summed E-state index contributed by atoms with van der Waals surface area (Å²) < 4.78 is 5.64. The lowest BCUT2D eigenvalue weighted by Gasteiger charge is -2.13. The van der Waals surface area contributed by atoms with E-state index >= 15 is 0 Å². The molecule has 0 radical (unpaired) electrons. The number of ether oxygens (including phenoxy) is 1. The first-order valence-electron chi connectivity index (χ1n) is 7.73. The molecular weight excluding hydrogens is 264 g/mol. The van der Waals surface area contributed by atoms with Gasteiger partial charge in [-0.15, -0.1) is 0 Å². The predicted octanol–water partition coefficient (Wildman–Crippen LogP) is 3.15. The van der Waals surface area contributed by atoms with Gasteiger partial charge in [0.15, 0.2) is 0 Å². The largest absolute Gasteiger partial charge is 0.491 e. The van der Waals surface area contributed by atoms with Crippen LogP contribution < -0.4 is 15.8 Å². The van der Waals surface area contributed by atoms with Gasteiger partial charge in [-0.1, -0.05) is 26.8 Å². The van der Waals surface area contributed by atoms with Crippen molar-refractivity contribution in [1.29, 1.82) is 0 Å². The number of nitrogens with two attached hydrogens (primary N) is 1. The molecular formula is C17H28N2O2. The second-order valence-electron chi connectivity index (χ2n) is 5.95. The van der Waals surface area contributed by atoms with E-state index in [9.17, 15) is 4.79 Å². The first-order chi connectivity index (χ1) is 9.92. The van der Waals surface area contributed by atoms with Gasteiger partial charge in [0.1, 0.15) is 5.75 Å². The van der Waals surface area contributed by atoms with Gasteiger partial charge in [0, 0.05) is 12.5 Å². The number of rotatable bonds is 8. The second kappa shape index (κ2) is 8.55. The van der Waals surface area contributed by atoms with Crippen LogP contribution in [-0.2, 0) is 11.2 Å². The van der Waals surface area contributed by atoms with Gasteiger partial charge in [0.25, 0.3) is 0 Å². The van der Waals surface area contributed by atoms with E-state index in [2.05, 4.69) is 26.1 Å². The summed E-state index contributed by atoms with van der Waals surface area (Å²) in [5, 5.41) is 2.96. The minimum atomic E-state index is 0.0862. The molecule has 1 atom stereocenters. The lowest BCUT2D eigenvalue weighted by Crippen LogP contribution is -2.32. The van der Waals surface area contributed by atoms with Gasteiger partial charge in [0.05, 0.1) is 12.3 Å². The lowest BCUT2D eigenvalue weighted by molar-refractivity contribution is -0.121. The molecule has 118 valence electrons. The summed E-state index contributed by atoms with van der Waals surface area (Å²) in [6.07, 6.45) is 2.12. The zero-order valence-electron chi connectivity index (χ0n) is 13.6. The third-order valence-electron chi connectivity index (χ3n) is 3.31. The van der Waals surface area contributed by atoms with Crippen LogP contribution in [0.5, 0.6) is 5.75 Å². The summed E-state index contributed by atoms with van der Waals surface area (Å²) in [7, 11) is 0. The van der Waals surface area contributed by atoms with Crippen molar-refractivity contribution < 1.29 is 9.53 Å². The molecule has 0 spiro atoms. The number of carbonyl (C=O) groups is 1. The second-order valence-corrected chi connectivity index (χ2v) is 5.95.